The Morgan fingerprint density at radius 3 is 2.74 bits per heavy atom. The summed E-state index contributed by atoms with van der Waals surface area (Å²) in [5, 5.41) is 11.5. The van der Waals surface area contributed by atoms with Crippen molar-refractivity contribution in [3.05, 3.63) is 41.5 Å². The third-order valence-electron chi connectivity index (χ3n) is 8.76. The maximum atomic E-state index is 12.9. The highest BCUT2D eigenvalue weighted by molar-refractivity contribution is 5.76. The van der Waals surface area contributed by atoms with Crippen LogP contribution in [0.4, 0.5) is 5.69 Å². The van der Waals surface area contributed by atoms with Crippen molar-refractivity contribution in [2.24, 2.45) is 23.2 Å². The minimum atomic E-state index is -0.516. The summed E-state index contributed by atoms with van der Waals surface area (Å²) in [7, 11) is 0. The van der Waals surface area contributed by atoms with Crippen molar-refractivity contribution in [1.29, 1.82) is 0 Å². The zero-order chi connectivity index (χ0) is 21.8. The SMILES string of the molecule is Cc1cccc(N2CCN(CC3C(=O)O[C@@H]4CC5=CCC[C@H](C)[C@@]5(C)[C@@H](O)[C@H]34)CC2)c1. The molecule has 31 heavy (non-hydrogen) atoms. The molecule has 0 amide bonds. The number of fused-ring (bicyclic) bond motifs is 2. The Morgan fingerprint density at radius 1 is 1.23 bits per heavy atom. The van der Waals surface area contributed by atoms with Gasteiger partial charge < -0.3 is 14.7 Å². The Balaban J connectivity index is 1.28. The molecular weight excluding hydrogens is 388 g/mol. The summed E-state index contributed by atoms with van der Waals surface area (Å²) >= 11 is 0. The van der Waals surface area contributed by atoms with E-state index in [1.807, 2.05) is 0 Å². The molecule has 1 N–H and O–H groups in total. The van der Waals surface area contributed by atoms with Gasteiger partial charge in [0.1, 0.15) is 6.10 Å². The lowest BCUT2D eigenvalue weighted by Crippen LogP contribution is -2.55. The molecule has 0 aromatic heterocycles. The van der Waals surface area contributed by atoms with E-state index >= 15 is 0 Å². The lowest BCUT2D eigenvalue weighted by atomic mass is 9.55. The minimum absolute atomic E-state index is 0.0926. The number of hydrogen-bond donors (Lipinski definition) is 1. The van der Waals surface area contributed by atoms with Crippen molar-refractivity contribution in [2.45, 2.75) is 52.2 Å². The predicted octanol–water partition coefficient (Wildman–Crippen LogP) is 3.40. The van der Waals surface area contributed by atoms with E-state index in [4.69, 9.17) is 4.74 Å². The van der Waals surface area contributed by atoms with Crippen LogP contribution in [-0.2, 0) is 9.53 Å². The lowest BCUT2D eigenvalue weighted by Gasteiger charge is -2.52. The molecule has 5 heteroatoms. The van der Waals surface area contributed by atoms with Gasteiger partial charge in [-0.15, -0.1) is 0 Å². The molecule has 0 radical (unpaired) electrons. The molecule has 1 aromatic rings. The Kier molecular flexibility index (Phi) is 5.38. The summed E-state index contributed by atoms with van der Waals surface area (Å²) in [6, 6.07) is 8.67. The molecule has 4 aliphatic rings. The number of benzene rings is 1. The van der Waals surface area contributed by atoms with Crippen LogP contribution in [0.2, 0.25) is 0 Å². The summed E-state index contributed by atoms with van der Waals surface area (Å²) in [6.45, 7) is 11.1. The second kappa shape index (κ2) is 7.93. The van der Waals surface area contributed by atoms with Gasteiger partial charge in [-0.1, -0.05) is 37.6 Å². The van der Waals surface area contributed by atoms with Crippen LogP contribution < -0.4 is 4.90 Å². The van der Waals surface area contributed by atoms with Crippen LogP contribution in [0.15, 0.2) is 35.9 Å². The van der Waals surface area contributed by atoms with E-state index < -0.39 is 6.10 Å². The number of aliphatic hydroxyl groups is 1. The van der Waals surface area contributed by atoms with Gasteiger partial charge in [0.2, 0.25) is 0 Å². The molecule has 1 unspecified atom stereocenters. The summed E-state index contributed by atoms with van der Waals surface area (Å²) in [5.74, 6) is 0.00589. The molecule has 2 saturated heterocycles. The average molecular weight is 425 g/mol. The Hall–Kier alpha value is -1.85. The number of esters is 1. The first kappa shape index (κ1) is 21.0. The van der Waals surface area contributed by atoms with Crippen LogP contribution >= 0.6 is 0 Å². The molecule has 5 nitrogen and oxygen atoms in total. The molecular formula is C26H36N2O3. The maximum absolute atomic E-state index is 12.9. The monoisotopic (exact) mass is 424 g/mol. The van der Waals surface area contributed by atoms with Crippen LogP contribution in [0.3, 0.4) is 0 Å². The van der Waals surface area contributed by atoms with Crippen LogP contribution in [-0.4, -0.2) is 60.9 Å². The van der Waals surface area contributed by atoms with E-state index in [9.17, 15) is 9.90 Å². The van der Waals surface area contributed by atoms with Crippen molar-refractivity contribution in [3.63, 3.8) is 0 Å². The van der Waals surface area contributed by atoms with Crippen molar-refractivity contribution in [1.82, 2.24) is 4.90 Å². The van der Waals surface area contributed by atoms with Gasteiger partial charge in [-0.05, 0) is 43.4 Å². The van der Waals surface area contributed by atoms with Gasteiger partial charge in [0.25, 0.3) is 0 Å². The molecule has 2 aliphatic heterocycles. The smallest absolute Gasteiger partial charge is 0.311 e. The van der Waals surface area contributed by atoms with Crippen molar-refractivity contribution < 1.29 is 14.6 Å². The highest BCUT2D eigenvalue weighted by Gasteiger charge is 2.59. The fourth-order valence-electron chi connectivity index (χ4n) is 6.57. The summed E-state index contributed by atoms with van der Waals surface area (Å²) in [5.41, 5.74) is 3.64. The number of aliphatic hydroxyl groups excluding tert-OH is 1. The molecule has 2 aliphatic carbocycles. The molecule has 3 fully saturated rings. The third kappa shape index (κ3) is 3.50. The largest absolute Gasteiger partial charge is 0.461 e. The van der Waals surface area contributed by atoms with E-state index in [1.165, 1.54) is 16.8 Å². The van der Waals surface area contributed by atoms with Crippen LogP contribution in [0.25, 0.3) is 0 Å². The first-order chi connectivity index (χ1) is 14.9. The number of nitrogens with zero attached hydrogens (tertiary/aromatic N) is 2. The van der Waals surface area contributed by atoms with Crippen LogP contribution in [0.5, 0.6) is 0 Å². The van der Waals surface area contributed by atoms with Gasteiger partial charge in [-0.25, -0.2) is 0 Å². The molecule has 2 heterocycles. The van der Waals surface area contributed by atoms with E-state index in [1.54, 1.807) is 0 Å². The highest BCUT2D eigenvalue weighted by Crippen LogP contribution is 2.56. The second-order valence-electron chi connectivity index (χ2n) is 10.4. The molecule has 1 saturated carbocycles. The van der Waals surface area contributed by atoms with Gasteiger partial charge in [-0.2, -0.15) is 0 Å². The molecule has 1 aromatic carbocycles. The topological polar surface area (TPSA) is 53.0 Å². The first-order valence-electron chi connectivity index (χ1n) is 12.0. The predicted molar refractivity (Wildman–Crippen MR) is 122 cm³/mol. The van der Waals surface area contributed by atoms with E-state index in [-0.39, 0.29) is 29.3 Å². The third-order valence-corrected chi connectivity index (χ3v) is 8.76. The number of rotatable bonds is 3. The molecule has 6 atom stereocenters. The number of anilines is 1. The maximum Gasteiger partial charge on any atom is 0.311 e. The normalized spacial score (nSPS) is 38.3. The van der Waals surface area contributed by atoms with Crippen LogP contribution in [0.1, 0.15) is 38.7 Å². The zero-order valence-corrected chi connectivity index (χ0v) is 19.1. The van der Waals surface area contributed by atoms with E-state index in [0.717, 1.165) is 45.4 Å². The number of carbonyl (C=O) groups is 1. The summed E-state index contributed by atoms with van der Waals surface area (Å²) < 4.78 is 5.85. The summed E-state index contributed by atoms with van der Waals surface area (Å²) in [4.78, 5) is 17.7. The Morgan fingerprint density at radius 2 is 2.00 bits per heavy atom. The number of carbonyl (C=O) groups excluding carboxylic acids is 1. The number of piperazine rings is 1. The molecule has 168 valence electrons. The number of allylic oxidation sites excluding steroid dienone is 1. The Labute approximate surface area is 186 Å². The zero-order valence-electron chi connectivity index (χ0n) is 19.1. The Bertz CT molecular complexity index is 875. The minimum Gasteiger partial charge on any atom is -0.461 e. The van der Waals surface area contributed by atoms with Gasteiger partial charge >= 0.3 is 5.97 Å². The van der Waals surface area contributed by atoms with Gasteiger partial charge in [0.15, 0.2) is 0 Å². The lowest BCUT2D eigenvalue weighted by molar-refractivity contribution is -0.145. The highest BCUT2D eigenvalue weighted by atomic mass is 16.6. The van der Waals surface area contributed by atoms with Gasteiger partial charge in [0, 0.05) is 56.2 Å². The summed E-state index contributed by atoms with van der Waals surface area (Å²) in [6.07, 6.45) is 4.59. The number of ether oxygens (including phenoxy) is 1. The molecule has 0 spiro atoms. The van der Waals surface area contributed by atoms with Gasteiger partial charge in [-0.3, -0.25) is 9.69 Å². The standard InChI is InChI=1S/C26H36N2O3/c1-17-6-4-9-20(14-17)28-12-10-27(11-13-28)16-21-23-22(31-25(21)30)15-19-8-5-7-18(2)26(19,3)24(23)29/h4,6,8-9,14,18,21-24,29H,5,7,10-13,15-16H2,1-3H3/t18-,21?,22+,23+,24-,26+/m0/s1. The average Bonchev–Trinajstić information content (AvgIpc) is 3.06. The van der Waals surface area contributed by atoms with Crippen LogP contribution in [0, 0.1) is 30.1 Å². The molecule has 0 bridgehead atoms. The molecule has 5 rings (SSSR count). The fourth-order valence-corrected chi connectivity index (χ4v) is 6.57. The second-order valence-corrected chi connectivity index (χ2v) is 10.4. The van der Waals surface area contributed by atoms with E-state index in [0.29, 0.717) is 12.5 Å². The quantitative estimate of drug-likeness (QED) is 0.595. The van der Waals surface area contributed by atoms with E-state index in [2.05, 4.69) is 60.9 Å². The van der Waals surface area contributed by atoms with Crippen molar-refractivity contribution in [3.8, 4) is 0 Å². The first-order valence-corrected chi connectivity index (χ1v) is 12.0. The number of aryl methyl sites for hydroxylation is 1. The van der Waals surface area contributed by atoms with Crippen molar-refractivity contribution in [2.75, 3.05) is 37.6 Å². The van der Waals surface area contributed by atoms with Gasteiger partial charge in [0.05, 0.1) is 12.0 Å². The number of hydrogen-bond acceptors (Lipinski definition) is 5. The fraction of sp³-hybridized carbons (Fsp3) is 0.654. The van der Waals surface area contributed by atoms with Crippen molar-refractivity contribution >= 4 is 11.7 Å².